The molecule has 6 nitrogen and oxygen atoms in total. The number of benzene rings is 2. The number of fused-ring (bicyclic) bond motifs is 1. The van der Waals surface area contributed by atoms with E-state index >= 15 is 0 Å². The summed E-state index contributed by atoms with van der Waals surface area (Å²) in [5.41, 5.74) is 7.94. The number of nitrogens with two attached hydrogens (primary N) is 1. The van der Waals surface area contributed by atoms with Gasteiger partial charge in [0.1, 0.15) is 12.4 Å². The van der Waals surface area contributed by atoms with Crippen LogP contribution in [0.25, 0.3) is 0 Å². The van der Waals surface area contributed by atoms with Gasteiger partial charge in [0.05, 0.1) is 6.54 Å². The molecule has 7 heteroatoms. The van der Waals surface area contributed by atoms with Crippen molar-refractivity contribution in [3.8, 4) is 17.2 Å². The fourth-order valence-corrected chi connectivity index (χ4v) is 2.21. The van der Waals surface area contributed by atoms with E-state index in [1.165, 1.54) is 0 Å². The van der Waals surface area contributed by atoms with Gasteiger partial charge in [-0.2, -0.15) is 0 Å². The van der Waals surface area contributed by atoms with Crippen LogP contribution in [0.1, 0.15) is 5.56 Å². The Kier molecular flexibility index (Phi) is 6.53. The molecule has 128 valence electrons. The largest absolute Gasteiger partial charge is 0.492 e. The maximum Gasteiger partial charge on any atom is 0.231 e. The van der Waals surface area contributed by atoms with Crippen molar-refractivity contribution in [1.82, 2.24) is 0 Å². The summed E-state index contributed by atoms with van der Waals surface area (Å²) in [5, 5.41) is 3.05. The number of aliphatic imine (C=N–C) groups is 1. The molecule has 1 heterocycles. The van der Waals surface area contributed by atoms with Gasteiger partial charge in [0, 0.05) is 11.8 Å². The lowest BCUT2D eigenvalue weighted by Crippen LogP contribution is -2.23. The van der Waals surface area contributed by atoms with Gasteiger partial charge in [-0.05, 0) is 36.8 Å². The highest BCUT2D eigenvalue weighted by Gasteiger charge is 2.13. The van der Waals surface area contributed by atoms with E-state index in [1.54, 1.807) is 6.07 Å². The summed E-state index contributed by atoms with van der Waals surface area (Å²) in [6.45, 7) is 3.16. The maximum absolute atomic E-state index is 5.86. The molecule has 24 heavy (non-hydrogen) atoms. The van der Waals surface area contributed by atoms with Crippen molar-refractivity contribution in [2.24, 2.45) is 10.7 Å². The molecule has 0 amide bonds. The minimum absolute atomic E-state index is 0. The summed E-state index contributed by atoms with van der Waals surface area (Å²) in [6.07, 6.45) is 0. The van der Waals surface area contributed by atoms with E-state index < -0.39 is 0 Å². The van der Waals surface area contributed by atoms with E-state index in [1.807, 2.05) is 43.3 Å². The van der Waals surface area contributed by atoms with Gasteiger partial charge in [-0.3, -0.25) is 0 Å². The third-order valence-corrected chi connectivity index (χ3v) is 3.28. The van der Waals surface area contributed by atoms with Gasteiger partial charge in [-0.25, -0.2) is 4.99 Å². The lowest BCUT2D eigenvalue weighted by molar-refractivity contribution is 0.174. The van der Waals surface area contributed by atoms with E-state index in [-0.39, 0.29) is 30.8 Å². The third-order valence-electron chi connectivity index (χ3n) is 3.28. The Balaban J connectivity index is 0.00000208. The molecular weight excluding hydrogens is 421 g/mol. The molecule has 0 saturated heterocycles. The lowest BCUT2D eigenvalue weighted by atomic mass is 10.2. The molecule has 0 saturated carbocycles. The van der Waals surface area contributed by atoms with Crippen LogP contribution >= 0.6 is 24.0 Å². The van der Waals surface area contributed by atoms with Crippen LogP contribution in [-0.2, 0) is 0 Å². The van der Waals surface area contributed by atoms with E-state index in [4.69, 9.17) is 19.9 Å². The molecule has 0 radical (unpaired) electrons. The number of hydrogen-bond acceptors (Lipinski definition) is 4. The SMILES string of the molecule is Cc1cccc(NC(N)=NCCOc2ccc3c(c2)OCO3)c1.I. The van der Waals surface area contributed by atoms with Gasteiger partial charge in [0.2, 0.25) is 6.79 Å². The van der Waals surface area contributed by atoms with Gasteiger partial charge in [-0.1, -0.05) is 12.1 Å². The first-order valence-corrected chi connectivity index (χ1v) is 7.37. The van der Waals surface area contributed by atoms with Crippen LogP contribution < -0.4 is 25.3 Å². The number of nitrogens with zero attached hydrogens (tertiary/aromatic N) is 1. The first kappa shape index (κ1) is 18.2. The molecule has 0 fully saturated rings. The monoisotopic (exact) mass is 441 g/mol. The van der Waals surface area contributed by atoms with Crippen molar-refractivity contribution in [2.45, 2.75) is 6.92 Å². The number of halogens is 1. The molecule has 3 rings (SSSR count). The normalized spacial score (nSPS) is 12.5. The molecule has 2 aromatic rings. The number of anilines is 1. The standard InChI is InChI=1S/C17H19N3O3.HI/c1-12-3-2-4-13(9-12)20-17(18)19-7-8-21-14-5-6-15-16(10-14)23-11-22-15;/h2-6,9-10H,7-8,11H2,1H3,(H3,18,19,20);1H. The van der Waals surface area contributed by atoms with E-state index in [2.05, 4.69) is 10.3 Å². The Labute approximate surface area is 158 Å². The lowest BCUT2D eigenvalue weighted by Gasteiger charge is -2.07. The maximum atomic E-state index is 5.86. The number of aryl methyl sites for hydroxylation is 1. The van der Waals surface area contributed by atoms with Crippen molar-refractivity contribution in [2.75, 3.05) is 25.3 Å². The fourth-order valence-electron chi connectivity index (χ4n) is 2.21. The third kappa shape index (κ3) is 4.92. The number of ether oxygens (including phenoxy) is 3. The second kappa shape index (κ2) is 8.62. The van der Waals surface area contributed by atoms with Crippen molar-refractivity contribution >= 4 is 35.6 Å². The van der Waals surface area contributed by atoms with Gasteiger partial charge in [-0.15, -0.1) is 24.0 Å². The fraction of sp³-hybridized carbons (Fsp3) is 0.235. The molecular formula is C17H20IN3O3. The first-order valence-electron chi connectivity index (χ1n) is 7.37. The Morgan fingerprint density at radius 3 is 2.88 bits per heavy atom. The van der Waals surface area contributed by atoms with Crippen LogP contribution in [0.3, 0.4) is 0 Å². The molecule has 0 bridgehead atoms. The average molecular weight is 441 g/mol. The number of guanidine groups is 1. The Morgan fingerprint density at radius 1 is 1.21 bits per heavy atom. The van der Waals surface area contributed by atoms with Crippen LogP contribution in [0.15, 0.2) is 47.5 Å². The van der Waals surface area contributed by atoms with Gasteiger partial charge in [0.25, 0.3) is 0 Å². The van der Waals surface area contributed by atoms with Crippen LogP contribution in [0.4, 0.5) is 5.69 Å². The Bertz CT molecular complexity index is 722. The van der Waals surface area contributed by atoms with Crippen LogP contribution in [0.5, 0.6) is 17.2 Å². The molecule has 3 N–H and O–H groups in total. The Morgan fingerprint density at radius 2 is 2.04 bits per heavy atom. The molecule has 0 unspecified atom stereocenters. The zero-order valence-corrected chi connectivity index (χ0v) is 15.7. The predicted molar refractivity (Wildman–Crippen MR) is 105 cm³/mol. The van der Waals surface area contributed by atoms with E-state index in [0.717, 1.165) is 22.7 Å². The van der Waals surface area contributed by atoms with Crippen LogP contribution in [-0.4, -0.2) is 25.9 Å². The van der Waals surface area contributed by atoms with Gasteiger partial charge >= 0.3 is 0 Å². The van der Waals surface area contributed by atoms with E-state index in [9.17, 15) is 0 Å². The highest BCUT2D eigenvalue weighted by atomic mass is 127. The van der Waals surface area contributed by atoms with E-state index in [0.29, 0.717) is 24.9 Å². The smallest absolute Gasteiger partial charge is 0.231 e. The summed E-state index contributed by atoms with van der Waals surface area (Å²) in [6, 6.07) is 13.4. The van der Waals surface area contributed by atoms with Crippen molar-refractivity contribution in [1.29, 1.82) is 0 Å². The molecule has 0 aromatic heterocycles. The van der Waals surface area contributed by atoms with Crippen molar-refractivity contribution < 1.29 is 14.2 Å². The highest BCUT2D eigenvalue weighted by Crippen LogP contribution is 2.34. The summed E-state index contributed by atoms with van der Waals surface area (Å²) in [7, 11) is 0. The van der Waals surface area contributed by atoms with Crippen molar-refractivity contribution in [3.63, 3.8) is 0 Å². The second-order valence-corrected chi connectivity index (χ2v) is 5.12. The minimum atomic E-state index is 0. The summed E-state index contributed by atoms with van der Waals surface area (Å²) in [5.74, 6) is 2.52. The van der Waals surface area contributed by atoms with Crippen molar-refractivity contribution in [3.05, 3.63) is 48.0 Å². The zero-order valence-electron chi connectivity index (χ0n) is 13.3. The average Bonchev–Trinajstić information content (AvgIpc) is 2.99. The van der Waals surface area contributed by atoms with Crippen LogP contribution in [0.2, 0.25) is 0 Å². The zero-order chi connectivity index (χ0) is 16.1. The first-order chi connectivity index (χ1) is 11.2. The summed E-state index contributed by atoms with van der Waals surface area (Å²) >= 11 is 0. The summed E-state index contributed by atoms with van der Waals surface area (Å²) in [4.78, 5) is 4.24. The number of nitrogens with one attached hydrogen (secondary N) is 1. The molecule has 0 aliphatic carbocycles. The van der Waals surface area contributed by atoms with Crippen LogP contribution in [0, 0.1) is 6.92 Å². The number of hydrogen-bond donors (Lipinski definition) is 2. The quantitative estimate of drug-likeness (QED) is 0.323. The van der Waals surface area contributed by atoms with Gasteiger partial charge < -0.3 is 25.3 Å². The highest BCUT2D eigenvalue weighted by molar-refractivity contribution is 14.0. The molecule has 0 atom stereocenters. The molecule has 1 aliphatic heterocycles. The minimum Gasteiger partial charge on any atom is -0.492 e. The molecule has 0 spiro atoms. The molecule has 2 aromatic carbocycles. The topological polar surface area (TPSA) is 78.1 Å². The number of rotatable bonds is 5. The Hall–Kier alpha value is -2.16. The predicted octanol–water partition coefficient (Wildman–Crippen LogP) is 3.15. The summed E-state index contributed by atoms with van der Waals surface area (Å²) < 4.78 is 16.2. The second-order valence-electron chi connectivity index (χ2n) is 5.12. The van der Waals surface area contributed by atoms with Gasteiger partial charge in [0.15, 0.2) is 17.5 Å². The molecule has 1 aliphatic rings.